The van der Waals surface area contributed by atoms with Crippen molar-refractivity contribution in [1.29, 1.82) is 0 Å². The van der Waals surface area contributed by atoms with Gasteiger partial charge in [0.05, 0.1) is 33.3 Å². The molecule has 10 heteroatoms. The first-order valence-electron chi connectivity index (χ1n) is 10.7. The number of aromatic amines is 1. The van der Waals surface area contributed by atoms with Crippen LogP contribution in [0.1, 0.15) is 6.42 Å². The zero-order valence-corrected chi connectivity index (χ0v) is 19.0. The molecule has 10 nitrogen and oxygen atoms in total. The fourth-order valence-corrected chi connectivity index (χ4v) is 3.89. The highest BCUT2D eigenvalue weighted by Crippen LogP contribution is 2.29. The summed E-state index contributed by atoms with van der Waals surface area (Å²) in [5, 5.41) is 0.362. The van der Waals surface area contributed by atoms with Crippen molar-refractivity contribution in [3.05, 3.63) is 40.7 Å². The molecule has 1 saturated heterocycles. The SMILES string of the molecule is COC(=O)CCN1CCN(c2cccc(-c3nc4cc(OC)cc(OC)c4c(=O)[nH]3)n2)CC1. The fraction of sp³-hybridized carbons (Fsp3) is 0.391. The van der Waals surface area contributed by atoms with Gasteiger partial charge in [0.15, 0.2) is 5.82 Å². The number of benzene rings is 1. The predicted octanol–water partition coefficient (Wildman–Crippen LogP) is 1.69. The number of carbonyl (C=O) groups excluding carboxylic acids is 1. The quantitative estimate of drug-likeness (QED) is 0.534. The van der Waals surface area contributed by atoms with Crippen LogP contribution < -0.4 is 19.9 Å². The van der Waals surface area contributed by atoms with E-state index in [4.69, 9.17) is 19.2 Å². The van der Waals surface area contributed by atoms with Crippen molar-refractivity contribution >= 4 is 22.7 Å². The summed E-state index contributed by atoms with van der Waals surface area (Å²) in [6, 6.07) is 9.02. The van der Waals surface area contributed by atoms with Crippen LogP contribution in [-0.2, 0) is 9.53 Å². The van der Waals surface area contributed by atoms with Gasteiger partial charge in [0.2, 0.25) is 0 Å². The number of esters is 1. The van der Waals surface area contributed by atoms with Gasteiger partial charge in [-0.2, -0.15) is 0 Å². The van der Waals surface area contributed by atoms with Gasteiger partial charge in [-0.25, -0.2) is 9.97 Å². The number of H-pyrrole nitrogens is 1. The molecule has 1 fully saturated rings. The molecule has 4 rings (SSSR count). The van der Waals surface area contributed by atoms with Crippen molar-refractivity contribution in [2.45, 2.75) is 6.42 Å². The number of aromatic nitrogens is 3. The molecule has 0 spiro atoms. The number of nitrogens with zero attached hydrogens (tertiary/aromatic N) is 4. The standard InChI is InChI=1S/C23H27N5O5/c1-31-15-13-17-21(18(14-15)32-2)23(30)26-22(25-17)16-5-4-6-19(24-16)28-11-9-27(10-12-28)8-7-20(29)33-3/h4-6,13-14H,7-12H2,1-3H3,(H,25,26,30). The first kappa shape index (κ1) is 22.5. The van der Waals surface area contributed by atoms with Gasteiger partial charge < -0.3 is 24.1 Å². The average Bonchev–Trinajstić information content (AvgIpc) is 2.86. The molecule has 0 atom stereocenters. The lowest BCUT2D eigenvalue weighted by molar-refractivity contribution is -0.141. The number of methoxy groups -OCH3 is 3. The second-order valence-electron chi connectivity index (χ2n) is 7.67. The normalized spacial score (nSPS) is 14.3. The summed E-state index contributed by atoms with van der Waals surface area (Å²) >= 11 is 0. The Morgan fingerprint density at radius 2 is 1.85 bits per heavy atom. The summed E-state index contributed by atoms with van der Waals surface area (Å²) in [4.78, 5) is 40.8. The maximum Gasteiger partial charge on any atom is 0.306 e. The van der Waals surface area contributed by atoms with Crippen molar-refractivity contribution in [2.24, 2.45) is 0 Å². The third-order valence-corrected chi connectivity index (χ3v) is 5.73. The monoisotopic (exact) mass is 453 g/mol. The molecule has 0 saturated carbocycles. The van der Waals surface area contributed by atoms with E-state index in [-0.39, 0.29) is 11.5 Å². The Balaban J connectivity index is 1.56. The number of nitrogens with one attached hydrogen (secondary N) is 1. The van der Waals surface area contributed by atoms with Gasteiger partial charge >= 0.3 is 5.97 Å². The van der Waals surface area contributed by atoms with E-state index in [1.54, 1.807) is 19.2 Å². The molecule has 1 aromatic carbocycles. The number of fused-ring (bicyclic) bond motifs is 1. The number of piperazine rings is 1. The van der Waals surface area contributed by atoms with Crippen LogP contribution >= 0.6 is 0 Å². The van der Waals surface area contributed by atoms with Gasteiger partial charge in [0.25, 0.3) is 5.56 Å². The largest absolute Gasteiger partial charge is 0.497 e. The van der Waals surface area contributed by atoms with Crippen molar-refractivity contribution in [1.82, 2.24) is 19.9 Å². The summed E-state index contributed by atoms with van der Waals surface area (Å²) < 4.78 is 15.4. The maximum absolute atomic E-state index is 12.8. The molecule has 0 radical (unpaired) electrons. The van der Waals surface area contributed by atoms with E-state index in [9.17, 15) is 9.59 Å². The molecule has 0 bridgehead atoms. The number of ether oxygens (including phenoxy) is 3. The van der Waals surface area contributed by atoms with Gasteiger partial charge in [-0.1, -0.05) is 6.07 Å². The molecule has 174 valence electrons. The highest BCUT2D eigenvalue weighted by Gasteiger charge is 2.20. The van der Waals surface area contributed by atoms with E-state index in [1.165, 1.54) is 14.2 Å². The van der Waals surface area contributed by atoms with E-state index in [2.05, 4.69) is 19.8 Å². The molecule has 3 aromatic rings. The van der Waals surface area contributed by atoms with Crippen molar-refractivity contribution in [3.63, 3.8) is 0 Å². The summed E-state index contributed by atoms with van der Waals surface area (Å²) in [7, 11) is 4.46. The summed E-state index contributed by atoms with van der Waals surface area (Å²) in [6.45, 7) is 3.91. The first-order chi connectivity index (χ1) is 16.0. The Morgan fingerprint density at radius 1 is 1.06 bits per heavy atom. The minimum Gasteiger partial charge on any atom is -0.497 e. The Hall–Kier alpha value is -3.66. The summed E-state index contributed by atoms with van der Waals surface area (Å²) in [6.07, 6.45) is 0.390. The summed E-state index contributed by atoms with van der Waals surface area (Å²) in [5.41, 5.74) is 0.735. The first-order valence-corrected chi connectivity index (χ1v) is 10.7. The predicted molar refractivity (Wildman–Crippen MR) is 124 cm³/mol. The molecular formula is C23H27N5O5. The van der Waals surface area contributed by atoms with Crippen molar-refractivity contribution in [2.75, 3.05) is 59.0 Å². The number of rotatable bonds is 7. The number of hydrogen-bond donors (Lipinski definition) is 1. The highest BCUT2D eigenvalue weighted by molar-refractivity contribution is 5.87. The number of carbonyl (C=O) groups is 1. The van der Waals surface area contributed by atoms with E-state index in [0.29, 0.717) is 46.9 Å². The lowest BCUT2D eigenvalue weighted by Gasteiger charge is -2.35. The van der Waals surface area contributed by atoms with Crippen molar-refractivity contribution in [3.8, 4) is 23.0 Å². The second kappa shape index (κ2) is 9.86. The molecule has 0 amide bonds. The molecule has 1 N–H and O–H groups in total. The third kappa shape index (κ3) is 4.90. The fourth-order valence-electron chi connectivity index (χ4n) is 3.89. The zero-order valence-electron chi connectivity index (χ0n) is 19.0. The summed E-state index contributed by atoms with van der Waals surface area (Å²) in [5.74, 6) is 1.94. The highest BCUT2D eigenvalue weighted by atomic mass is 16.5. The zero-order chi connectivity index (χ0) is 23.4. The molecule has 0 aliphatic carbocycles. The number of hydrogen-bond acceptors (Lipinski definition) is 9. The number of anilines is 1. The van der Waals surface area contributed by atoms with Gasteiger partial charge in [-0.3, -0.25) is 14.5 Å². The van der Waals surface area contributed by atoms with Crippen molar-refractivity contribution < 1.29 is 19.0 Å². The molecule has 1 aliphatic rings. The van der Waals surface area contributed by atoms with Crippen LogP contribution in [0, 0.1) is 0 Å². The molecule has 0 unspecified atom stereocenters. The molecule has 3 heterocycles. The lowest BCUT2D eigenvalue weighted by atomic mass is 10.2. The minimum absolute atomic E-state index is 0.195. The second-order valence-corrected chi connectivity index (χ2v) is 7.67. The Kier molecular flexibility index (Phi) is 6.74. The lowest BCUT2D eigenvalue weighted by Crippen LogP contribution is -2.47. The van der Waals surface area contributed by atoms with Crippen LogP contribution in [0.4, 0.5) is 5.82 Å². The Labute approximate surface area is 191 Å². The third-order valence-electron chi connectivity index (χ3n) is 5.73. The van der Waals surface area contributed by atoms with E-state index in [0.717, 1.165) is 32.0 Å². The molecule has 33 heavy (non-hydrogen) atoms. The maximum atomic E-state index is 12.8. The average molecular weight is 453 g/mol. The topological polar surface area (TPSA) is 110 Å². The Bertz CT molecular complexity index is 1200. The van der Waals surface area contributed by atoms with E-state index >= 15 is 0 Å². The van der Waals surface area contributed by atoms with Gasteiger partial charge in [-0.05, 0) is 12.1 Å². The smallest absolute Gasteiger partial charge is 0.306 e. The van der Waals surface area contributed by atoms with Crippen LogP contribution in [-0.4, -0.2) is 79.9 Å². The minimum atomic E-state index is -0.305. The Morgan fingerprint density at radius 3 is 2.55 bits per heavy atom. The van der Waals surface area contributed by atoms with Crippen LogP contribution in [0.3, 0.4) is 0 Å². The van der Waals surface area contributed by atoms with Crippen LogP contribution in [0.15, 0.2) is 35.1 Å². The number of pyridine rings is 1. The molecule has 2 aromatic heterocycles. The van der Waals surface area contributed by atoms with Crippen LogP contribution in [0.5, 0.6) is 11.5 Å². The van der Waals surface area contributed by atoms with Crippen LogP contribution in [0.2, 0.25) is 0 Å². The van der Waals surface area contributed by atoms with E-state index < -0.39 is 0 Å². The van der Waals surface area contributed by atoms with E-state index in [1.807, 2.05) is 18.2 Å². The molecular weight excluding hydrogens is 426 g/mol. The van der Waals surface area contributed by atoms with Gasteiger partial charge in [0, 0.05) is 44.9 Å². The van der Waals surface area contributed by atoms with Crippen LogP contribution in [0.25, 0.3) is 22.4 Å². The van der Waals surface area contributed by atoms with Gasteiger partial charge in [0.1, 0.15) is 28.4 Å². The molecule has 1 aliphatic heterocycles. The van der Waals surface area contributed by atoms with Gasteiger partial charge in [-0.15, -0.1) is 0 Å².